The van der Waals surface area contributed by atoms with Gasteiger partial charge in [0.1, 0.15) is 0 Å². The SMILES string of the molecule is CN1CCCN(c2ccc(N)c(NS(=O)(=O)c3ccccc3)c2)CC1.Cl. The maximum absolute atomic E-state index is 12.6. The van der Waals surface area contributed by atoms with Crippen molar-refractivity contribution in [2.24, 2.45) is 0 Å². The number of nitrogen functional groups attached to an aromatic ring is 1. The van der Waals surface area contributed by atoms with E-state index >= 15 is 0 Å². The van der Waals surface area contributed by atoms with Gasteiger partial charge in [0.15, 0.2) is 0 Å². The maximum Gasteiger partial charge on any atom is 0.261 e. The van der Waals surface area contributed by atoms with Crippen LogP contribution in [0.1, 0.15) is 6.42 Å². The van der Waals surface area contributed by atoms with Gasteiger partial charge in [0.2, 0.25) is 0 Å². The molecule has 0 spiro atoms. The first kappa shape index (κ1) is 20.4. The Balaban J connectivity index is 0.00000243. The molecule has 2 aromatic carbocycles. The molecule has 0 atom stereocenters. The molecule has 26 heavy (non-hydrogen) atoms. The highest BCUT2D eigenvalue weighted by Crippen LogP contribution is 2.28. The van der Waals surface area contributed by atoms with E-state index in [0.717, 1.165) is 38.3 Å². The summed E-state index contributed by atoms with van der Waals surface area (Å²) in [4.78, 5) is 4.79. The zero-order valence-electron chi connectivity index (χ0n) is 14.8. The standard InChI is InChI=1S/C18H24N4O2S.ClH/c1-21-10-5-11-22(13-12-21)15-8-9-17(19)18(14-15)20-25(23,24)16-6-3-2-4-7-16;/h2-4,6-9,14,20H,5,10-13,19H2,1H3;1H. The number of hydrogen-bond donors (Lipinski definition) is 2. The van der Waals surface area contributed by atoms with E-state index in [1.54, 1.807) is 36.4 Å². The van der Waals surface area contributed by atoms with Crippen LogP contribution in [0.25, 0.3) is 0 Å². The summed E-state index contributed by atoms with van der Waals surface area (Å²) < 4.78 is 27.7. The summed E-state index contributed by atoms with van der Waals surface area (Å²) in [5, 5.41) is 0. The van der Waals surface area contributed by atoms with Crippen molar-refractivity contribution in [3.63, 3.8) is 0 Å². The Kier molecular flexibility index (Phi) is 6.75. The third-order valence-electron chi connectivity index (χ3n) is 4.42. The van der Waals surface area contributed by atoms with Crippen molar-refractivity contribution in [2.75, 3.05) is 48.6 Å². The summed E-state index contributed by atoms with van der Waals surface area (Å²) in [6, 6.07) is 13.8. The number of anilines is 3. The molecule has 0 unspecified atom stereocenters. The van der Waals surface area contributed by atoms with E-state index in [2.05, 4.69) is 21.6 Å². The molecule has 3 rings (SSSR count). The van der Waals surface area contributed by atoms with E-state index < -0.39 is 10.0 Å². The molecule has 1 aliphatic heterocycles. The van der Waals surface area contributed by atoms with Gasteiger partial charge >= 0.3 is 0 Å². The molecule has 2 aromatic rings. The molecule has 0 aliphatic carbocycles. The maximum atomic E-state index is 12.6. The second-order valence-electron chi connectivity index (χ2n) is 6.33. The minimum atomic E-state index is -3.66. The van der Waals surface area contributed by atoms with Gasteiger partial charge < -0.3 is 15.5 Å². The third kappa shape index (κ3) is 4.81. The van der Waals surface area contributed by atoms with Gasteiger partial charge in [0.05, 0.1) is 16.3 Å². The smallest absolute Gasteiger partial charge is 0.261 e. The zero-order valence-corrected chi connectivity index (χ0v) is 16.4. The first-order chi connectivity index (χ1) is 12.0. The quantitative estimate of drug-likeness (QED) is 0.776. The van der Waals surface area contributed by atoms with Crippen molar-refractivity contribution >= 4 is 39.5 Å². The minimum absolute atomic E-state index is 0. The monoisotopic (exact) mass is 396 g/mol. The predicted molar refractivity (Wildman–Crippen MR) is 110 cm³/mol. The van der Waals surface area contributed by atoms with Crippen LogP contribution < -0.4 is 15.4 Å². The Hall–Kier alpha value is -1.96. The van der Waals surface area contributed by atoms with Crippen molar-refractivity contribution in [1.29, 1.82) is 0 Å². The lowest BCUT2D eigenvalue weighted by molar-refractivity contribution is 0.360. The van der Waals surface area contributed by atoms with Crippen molar-refractivity contribution in [2.45, 2.75) is 11.3 Å². The second-order valence-corrected chi connectivity index (χ2v) is 8.02. The molecule has 0 amide bonds. The molecular formula is C18H25ClN4O2S. The average molecular weight is 397 g/mol. The van der Waals surface area contributed by atoms with Crippen LogP contribution in [0.3, 0.4) is 0 Å². The van der Waals surface area contributed by atoms with Crippen LogP contribution >= 0.6 is 12.4 Å². The number of sulfonamides is 1. The van der Waals surface area contributed by atoms with Gasteiger partial charge in [0, 0.05) is 25.3 Å². The largest absolute Gasteiger partial charge is 0.397 e. The Morgan fingerprint density at radius 3 is 2.46 bits per heavy atom. The summed E-state index contributed by atoms with van der Waals surface area (Å²) in [5.74, 6) is 0. The highest BCUT2D eigenvalue weighted by atomic mass is 35.5. The molecule has 0 saturated carbocycles. The Morgan fingerprint density at radius 1 is 1.00 bits per heavy atom. The van der Waals surface area contributed by atoms with E-state index in [1.165, 1.54) is 0 Å². The van der Waals surface area contributed by atoms with Gasteiger partial charge in [0.25, 0.3) is 10.0 Å². The Morgan fingerprint density at radius 2 is 1.73 bits per heavy atom. The van der Waals surface area contributed by atoms with E-state index in [9.17, 15) is 8.42 Å². The molecule has 1 saturated heterocycles. The van der Waals surface area contributed by atoms with Crippen molar-refractivity contribution in [1.82, 2.24) is 4.90 Å². The van der Waals surface area contributed by atoms with Gasteiger partial charge in [-0.25, -0.2) is 8.42 Å². The number of halogens is 1. The Bertz CT molecular complexity index is 830. The summed E-state index contributed by atoms with van der Waals surface area (Å²) >= 11 is 0. The fraction of sp³-hybridized carbons (Fsp3) is 0.333. The highest BCUT2D eigenvalue weighted by molar-refractivity contribution is 7.92. The van der Waals surface area contributed by atoms with E-state index in [0.29, 0.717) is 11.4 Å². The second kappa shape index (κ2) is 8.62. The average Bonchev–Trinajstić information content (AvgIpc) is 2.82. The van der Waals surface area contributed by atoms with Crippen molar-refractivity contribution in [3.05, 3.63) is 48.5 Å². The molecule has 1 fully saturated rings. The summed E-state index contributed by atoms with van der Waals surface area (Å²) in [7, 11) is -1.54. The molecule has 142 valence electrons. The summed E-state index contributed by atoms with van der Waals surface area (Å²) in [6.07, 6.45) is 1.08. The fourth-order valence-electron chi connectivity index (χ4n) is 2.94. The van der Waals surface area contributed by atoms with Crippen molar-refractivity contribution < 1.29 is 8.42 Å². The number of benzene rings is 2. The third-order valence-corrected chi connectivity index (χ3v) is 5.80. The molecule has 3 N–H and O–H groups in total. The number of likely N-dealkylation sites (N-methyl/N-ethyl adjacent to an activating group) is 1. The van der Waals surface area contributed by atoms with Crippen LogP contribution in [0.5, 0.6) is 0 Å². The number of nitrogens with one attached hydrogen (secondary N) is 1. The Labute approximate surface area is 161 Å². The van der Waals surface area contributed by atoms with Gasteiger partial charge in [-0.3, -0.25) is 4.72 Å². The summed E-state index contributed by atoms with van der Waals surface area (Å²) in [6.45, 7) is 3.90. The number of rotatable bonds is 4. The van der Waals surface area contributed by atoms with Gasteiger partial charge in [-0.15, -0.1) is 12.4 Å². The van der Waals surface area contributed by atoms with Crippen LogP contribution in [-0.4, -0.2) is 46.5 Å². The number of nitrogens with two attached hydrogens (primary N) is 1. The van der Waals surface area contributed by atoms with Crippen LogP contribution in [0, 0.1) is 0 Å². The molecule has 6 nitrogen and oxygen atoms in total. The van der Waals surface area contributed by atoms with Gasteiger partial charge in [-0.1, -0.05) is 18.2 Å². The number of nitrogens with zero attached hydrogens (tertiary/aromatic N) is 2. The number of hydrogen-bond acceptors (Lipinski definition) is 5. The first-order valence-electron chi connectivity index (χ1n) is 8.36. The lowest BCUT2D eigenvalue weighted by Crippen LogP contribution is -2.28. The van der Waals surface area contributed by atoms with Crippen LogP contribution in [-0.2, 0) is 10.0 Å². The van der Waals surface area contributed by atoms with Gasteiger partial charge in [-0.05, 0) is 50.3 Å². The fourth-order valence-corrected chi connectivity index (χ4v) is 4.04. The minimum Gasteiger partial charge on any atom is -0.397 e. The summed E-state index contributed by atoms with van der Waals surface area (Å²) in [5.41, 5.74) is 7.81. The predicted octanol–water partition coefficient (Wildman–Crippen LogP) is 2.63. The lowest BCUT2D eigenvalue weighted by Gasteiger charge is -2.24. The van der Waals surface area contributed by atoms with Crippen molar-refractivity contribution in [3.8, 4) is 0 Å². The molecule has 0 radical (unpaired) electrons. The van der Waals surface area contributed by atoms with E-state index in [4.69, 9.17) is 5.73 Å². The first-order valence-corrected chi connectivity index (χ1v) is 9.85. The van der Waals surface area contributed by atoms with Crippen LogP contribution in [0.2, 0.25) is 0 Å². The van der Waals surface area contributed by atoms with Crippen LogP contribution in [0.15, 0.2) is 53.4 Å². The molecule has 8 heteroatoms. The molecule has 1 aliphatic rings. The van der Waals surface area contributed by atoms with Crippen LogP contribution in [0.4, 0.5) is 17.1 Å². The molecule has 1 heterocycles. The lowest BCUT2D eigenvalue weighted by atomic mass is 10.2. The van der Waals surface area contributed by atoms with E-state index in [1.807, 2.05) is 12.1 Å². The van der Waals surface area contributed by atoms with Gasteiger partial charge in [-0.2, -0.15) is 0 Å². The zero-order chi connectivity index (χ0) is 17.9. The topological polar surface area (TPSA) is 78.7 Å². The highest BCUT2D eigenvalue weighted by Gasteiger charge is 2.17. The normalized spacial score (nSPS) is 15.8. The molecular weight excluding hydrogens is 372 g/mol. The molecule has 0 bridgehead atoms. The van der Waals surface area contributed by atoms with E-state index in [-0.39, 0.29) is 17.3 Å². The molecule has 0 aromatic heterocycles.